The molecule has 1 fully saturated rings. The number of primary amides is 1. The first-order valence-electron chi connectivity index (χ1n) is 4.90. The maximum absolute atomic E-state index is 11.6. The van der Waals surface area contributed by atoms with Crippen molar-refractivity contribution in [2.45, 2.75) is 19.5 Å². The van der Waals surface area contributed by atoms with E-state index in [4.69, 9.17) is 11.5 Å². The molecular weight excluding hydrogens is 248 g/mol. The fraction of sp³-hybridized carbons (Fsp3) is 0.667. The SMILES string of the molecule is CC1(C)N(CC(N)=O)C(=O)CN1C(=O)CN.Cl. The summed E-state index contributed by atoms with van der Waals surface area (Å²) in [5, 5.41) is 0. The molecule has 4 N–H and O–H groups in total. The number of hydrogen-bond acceptors (Lipinski definition) is 4. The van der Waals surface area contributed by atoms with Gasteiger partial charge in [-0.2, -0.15) is 0 Å². The maximum atomic E-state index is 11.6. The Kier molecular flexibility index (Phi) is 4.91. The molecule has 1 heterocycles. The van der Waals surface area contributed by atoms with Crippen molar-refractivity contribution in [1.82, 2.24) is 9.80 Å². The molecule has 0 aliphatic carbocycles. The van der Waals surface area contributed by atoms with Crippen LogP contribution in [0.25, 0.3) is 0 Å². The van der Waals surface area contributed by atoms with E-state index in [0.29, 0.717) is 0 Å². The Labute approximate surface area is 105 Å². The Balaban J connectivity index is 0.00000256. The number of nitrogens with zero attached hydrogens (tertiary/aromatic N) is 2. The molecule has 1 saturated heterocycles. The Bertz CT molecular complexity index is 345. The van der Waals surface area contributed by atoms with Gasteiger partial charge in [0.15, 0.2) is 0 Å². The number of amides is 3. The van der Waals surface area contributed by atoms with Gasteiger partial charge in [0.25, 0.3) is 0 Å². The van der Waals surface area contributed by atoms with Crippen molar-refractivity contribution in [3.63, 3.8) is 0 Å². The third kappa shape index (κ3) is 2.86. The quantitative estimate of drug-likeness (QED) is 0.630. The van der Waals surface area contributed by atoms with Crippen LogP contribution in [0.1, 0.15) is 13.8 Å². The molecule has 0 atom stereocenters. The van der Waals surface area contributed by atoms with Crippen LogP contribution in [0.2, 0.25) is 0 Å². The molecule has 3 amide bonds. The van der Waals surface area contributed by atoms with Crippen molar-refractivity contribution in [2.75, 3.05) is 19.6 Å². The Hall–Kier alpha value is -1.34. The van der Waals surface area contributed by atoms with Gasteiger partial charge in [0, 0.05) is 0 Å². The predicted molar refractivity (Wildman–Crippen MR) is 63.0 cm³/mol. The standard InChI is InChI=1S/C9H16N4O3.ClH/c1-9(2)12(4-6(11)14)8(16)5-13(9)7(15)3-10;/h3-5,10H2,1-2H3,(H2,11,14);1H. The lowest BCUT2D eigenvalue weighted by atomic mass is 10.2. The number of rotatable bonds is 3. The molecule has 0 aromatic heterocycles. The molecule has 0 unspecified atom stereocenters. The zero-order valence-corrected chi connectivity index (χ0v) is 10.6. The van der Waals surface area contributed by atoms with Crippen molar-refractivity contribution in [1.29, 1.82) is 0 Å². The third-order valence-electron chi connectivity index (χ3n) is 2.71. The van der Waals surface area contributed by atoms with Crippen LogP contribution >= 0.6 is 12.4 Å². The minimum Gasteiger partial charge on any atom is -0.368 e. The van der Waals surface area contributed by atoms with Crippen LogP contribution in [-0.4, -0.2) is 52.8 Å². The van der Waals surface area contributed by atoms with Gasteiger partial charge in [-0.3, -0.25) is 14.4 Å². The summed E-state index contributed by atoms with van der Waals surface area (Å²) < 4.78 is 0. The van der Waals surface area contributed by atoms with E-state index in [-0.39, 0.29) is 43.9 Å². The van der Waals surface area contributed by atoms with E-state index in [1.807, 2.05) is 0 Å². The van der Waals surface area contributed by atoms with Gasteiger partial charge in [0.1, 0.15) is 18.8 Å². The minimum absolute atomic E-state index is 0. The number of carbonyl (C=O) groups excluding carboxylic acids is 3. The second-order valence-electron chi connectivity index (χ2n) is 4.12. The monoisotopic (exact) mass is 264 g/mol. The largest absolute Gasteiger partial charge is 0.368 e. The highest BCUT2D eigenvalue weighted by molar-refractivity contribution is 5.92. The summed E-state index contributed by atoms with van der Waals surface area (Å²) in [5.41, 5.74) is 9.44. The first-order valence-corrected chi connectivity index (χ1v) is 4.90. The molecule has 0 aromatic carbocycles. The van der Waals surface area contributed by atoms with E-state index < -0.39 is 11.6 Å². The van der Waals surface area contributed by atoms with Crippen LogP contribution in [0.5, 0.6) is 0 Å². The van der Waals surface area contributed by atoms with E-state index in [1.54, 1.807) is 13.8 Å². The van der Waals surface area contributed by atoms with E-state index in [0.717, 1.165) is 0 Å². The second-order valence-corrected chi connectivity index (χ2v) is 4.12. The fourth-order valence-corrected chi connectivity index (χ4v) is 1.81. The zero-order chi connectivity index (χ0) is 12.5. The van der Waals surface area contributed by atoms with Crippen molar-refractivity contribution in [2.24, 2.45) is 11.5 Å². The van der Waals surface area contributed by atoms with Gasteiger partial charge in [-0.05, 0) is 13.8 Å². The van der Waals surface area contributed by atoms with Crippen molar-refractivity contribution >= 4 is 30.1 Å². The van der Waals surface area contributed by atoms with Crippen LogP contribution in [0.3, 0.4) is 0 Å². The summed E-state index contributed by atoms with van der Waals surface area (Å²) in [7, 11) is 0. The van der Waals surface area contributed by atoms with E-state index in [1.165, 1.54) is 9.80 Å². The second kappa shape index (κ2) is 5.33. The van der Waals surface area contributed by atoms with Crippen LogP contribution in [0.4, 0.5) is 0 Å². The highest BCUT2D eigenvalue weighted by atomic mass is 35.5. The van der Waals surface area contributed by atoms with Crippen LogP contribution in [-0.2, 0) is 14.4 Å². The minimum atomic E-state index is -0.859. The lowest BCUT2D eigenvalue weighted by Crippen LogP contribution is -2.54. The molecule has 0 saturated carbocycles. The predicted octanol–water partition coefficient (Wildman–Crippen LogP) is -1.74. The van der Waals surface area contributed by atoms with Gasteiger partial charge in [-0.25, -0.2) is 0 Å². The van der Waals surface area contributed by atoms with Gasteiger partial charge >= 0.3 is 0 Å². The molecule has 8 heteroatoms. The normalized spacial score (nSPS) is 17.9. The number of nitrogens with two attached hydrogens (primary N) is 2. The van der Waals surface area contributed by atoms with Crippen LogP contribution < -0.4 is 11.5 Å². The van der Waals surface area contributed by atoms with Crippen LogP contribution in [0, 0.1) is 0 Å². The molecule has 0 radical (unpaired) electrons. The third-order valence-corrected chi connectivity index (χ3v) is 2.71. The summed E-state index contributed by atoms with van der Waals surface area (Å²) in [4.78, 5) is 36.6. The summed E-state index contributed by atoms with van der Waals surface area (Å²) in [5.74, 6) is -1.24. The first-order chi connectivity index (χ1) is 7.30. The van der Waals surface area contributed by atoms with E-state index >= 15 is 0 Å². The molecule has 98 valence electrons. The lowest BCUT2D eigenvalue weighted by Gasteiger charge is -2.36. The average molecular weight is 265 g/mol. The molecule has 0 aromatic rings. The fourth-order valence-electron chi connectivity index (χ4n) is 1.81. The smallest absolute Gasteiger partial charge is 0.244 e. The van der Waals surface area contributed by atoms with E-state index in [2.05, 4.69) is 0 Å². The summed E-state index contributed by atoms with van der Waals surface area (Å²) in [6, 6.07) is 0. The molecular formula is C9H17ClN4O3. The number of carbonyl (C=O) groups is 3. The Morgan fingerprint density at radius 2 is 1.94 bits per heavy atom. The molecule has 1 rings (SSSR count). The summed E-state index contributed by atoms with van der Waals surface area (Å²) >= 11 is 0. The topological polar surface area (TPSA) is 110 Å². The molecule has 1 aliphatic heterocycles. The van der Waals surface area contributed by atoms with Crippen LogP contribution in [0.15, 0.2) is 0 Å². The van der Waals surface area contributed by atoms with Gasteiger partial charge in [-0.15, -0.1) is 12.4 Å². The molecule has 17 heavy (non-hydrogen) atoms. The van der Waals surface area contributed by atoms with Gasteiger partial charge in [0.2, 0.25) is 17.7 Å². The Morgan fingerprint density at radius 1 is 1.41 bits per heavy atom. The lowest BCUT2D eigenvalue weighted by molar-refractivity contribution is -0.139. The summed E-state index contributed by atoms with van der Waals surface area (Å²) in [6.45, 7) is 2.93. The highest BCUT2D eigenvalue weighted by Gasteiger charge is 2.46. The highest BCUT2D eigenvalue weighted by Crippen LogP contribution is 2.26. The average Bonchev–Trinajstić information content (AvgIpc) is 2.40. The molecule has 7 nitrogen and oxygen atoms in total. The number of halogens is 1. The van der Waals surface area contributed by atoms with Crippen molar-refractivity contribution in [3.8, 4) is 0 Å². The first kappa shape index (κ1) is 15.7. The van der Waals surface area contributed by atoms with Gasteiger partial charge < -0.3 is 21.3 Å². The Morgan fingerprint density at radius 3 is 2.35 bits per heavy atom. The van der Waals surface area contributed by atoms with E-state index in [9.17, 15) is 14.4 Å². The van der Waals surface area contributed by atoms with Crippen molar-refractivity contribution in [3.05, 3.63) is 0 Å². The van der Waals surface area contributed by atoms with Gasteiger partial charge in [-0.1, -0.05) is 0 Å². The van der Waals surface area contributed by atoms with Crippen molar-refractivity contribution < 1.29 is 14.4 Å². The molecule has 1 aliphatic rings. The summed E-state index contributed by atoms with van der Waals surface area (Å²) in [6.07, 6.45) is 0. The molecule has 0 bridgehead atoms. The van der Waals surface area contributed by atoms with Gasteiger partial charge in [0.05, 0.1) is 6.54 Å². The zero-order valence-electron chi connectivity index (χ0n) is 9.80. The maximum Gasteiger partial charge on any atom is 0.244 e. The molecule has 0 spiro atoms. The number of hydrogen-bond donors (Lipinski definition) is 2.